The lowest BCUT2D eigenvalue weighted by Gasteiger charge is -2.29. The largest absolute Gasteiger partial charge is 0.508 e. The highest BCUT2D eigenvalue weighted by atomic mass is 32.1. The highest BCUT2D eigenvalue weighted by Gasteiger charge is 2.44. The molecule has 0 unspecified atom stereocenters. The number of carbonyl (C=O) groups excluding carboxylic acids is 8. The van der Waals surface area contributed by atoms with Crippen LogP contribution in [0.15, 0.2) is 102 Å². The third kappa shape index (κ3) is 24.3. The molecule has 2 saturated carbocycles. The van der Waals surface area contributed by atoms with Crippen molar-refractivity contribution >= 4 is 81.3 Å². The number of morpholine rings is 1. The third-order valence-electron chi connectivity index (χ3n) is 22.3. The first-order valence-electron chi connectivity index (χ1n) is 43.4. The van der Waals surface area contributed by atoms with Gasteiger partial charge in [-0.1, -0.05) is 107 Å². The summed E-state index contributed by atoms with van der Waals surface area (Å²) in [5.74, 6) is -7.67. The molecule has 5 aromatic carbocycles. The Morgan fingerprint density at radius 1 is 0.420 bits per heavy atom. The van der Waals surface area contributed by atoms with Crippen LogP contribution in [0.1, 0.15) is 260 Å². The smallest absolute Gasteiger partial charge is 0.391 e. The number of carbonyl (C=O) groups is 8. The van der Waals surface area contributed by atoms with Crippen LogP contribution in [0.25, 0.3) is 45.3 Å². The van der Waals surface area contributed by atoms with Crippen molar-refractivity contribution in [3.8, 4) is 91.3 Å². The molecule has 34 nitrogen and oxygen atoms in total. The summed E-state index contributed by atoms with van der Waals surface area (Å²) in [6.45, 7) is 29.1. The van der Waals surface area contributed by atoms with Gasteiger partial charge in [-0.25, -0.2) is 0 Å². The van der Waals surface area contributed by atoms with Gasteiger partial charge in [0.2, 0.25) is 11.8 Å². The van der Waals surface area contributed by atoms with E-state index in [1.165, 1.54) is 35.6 Å². The lowest BCUT2D eigenvalue weighted by Crippen LogP contribution is -2.35. The van der Waals surface area contributed by atoms with E-state index in [2.05, 4.69) is 68.1 Å². The zero-order valence-corrected chi connectivity index (χ0v) is 75.8. The summed E-state index contributed by atoms with van der Waals surface area (Å²) >= 11 is 1.27. The molecule has 2 aliphatic carbocycles. The number of amides is 8. The molecular weight excluding hydrogens is 1720 g/mol. The molecule has 6 heterocycles. The lowest BCUT2D eigenvalue weighted by atomic mass is 9.81. The summed E-state index contributed by atoms with van der Waals surface area (Å²) in [6, 6.07) is 20.0. The maximum absolute atomic E-state index is 13.2. The molecular formula is C93H112F3N13O21S. The van der Waals surface area contributed by atoms with Crippen molar-refractivity contribution in [3.63, 3.8) is 0 Å². The van der Waals surface area contributed by atoms with Gasteiger partial charge in [-0.05, 0) is 178 Å². The Kier molecular flexibility index (Phi) is 34.0. The number of nitrogens with zero attached hydrogens (tertiary/aromatic N) is 5. The molecule has 1 aliphatic heterocycles. The molecule has 13 rings (SSSR count). The number of rotatable bonds is 26. The molecule has 131 heavy (non-hydrogen) atoms. The van der Waals surface area contributed by atoms with Gasteiger partial charge in [0, 0.05) is 87.5 Å². The molecule has 38 heteroatoms. The molecule has 16 N–H and O–H groups in total. The topological polar surface area (TPSA) is 511 Å². The Morgan fingerprint density at radius 3 is 1.05 bits per heavy atom. The quantitative estimate of drug-likeness (QED) is 0.0239. The Hall–Kier alpha value is -13.5. The van der Waals surface area contributed by atoms with Gasteiger partial charge in [0.25, 0.3) is 35.4 Å². The van der Waals surface area contributed by atoms with Gasteiger partial charge in [0.15, 0.2) is 45.8 Å². The predicted molar refractivity (Wildman–Crippen MR) is 482 cm³/mol. The number of halogens is 3. The van der Waals surface area contributed by atoms with Crippen molar-refractivity contribution in [1.82, 2.24) is 46.8 Å². The zero-order chi connectivity index (χ0) is 95.6. The number of benzene rings is 5. The van der Waals surface area contributed by atoms with Crippen LogP contribution in [0.3, 0.4) is 0 Å². The number of alkyl halides is 3. The molecule has 1 saturated heterocycles. The molecule has 3 aliphatic rings. The maximum atomic E-state index is 13.2. The van der Waals surface area contributed by atoms with E-state index in [4.69, 9.17) is 22.8 Å². The normalized spacial score (nSPS) is 14.7. The van der Waals surface area contributed by atoms with Crippen LogP contribution >= 0.6 is 11.3 Å². The van der Waals surface area contributed by atoms with Gasteiger partial charge in [0.1, 0.15) is 68.7 Å². The van der Waals surface area contributed by atoms with Crippen molar-refractivity contribution in [2.24, 2.45) is 17.8 Å². The number of nitrogens with one attached hydrogen (secondary N) is 8. The van der Waals surface area contributed by atoms with Gasteiger partial charge < -0.3 is 106 Å². The first-order chi connectivity index (χ1) is 62.3. The highest BCUT2D eigenvalue weighted by molar-refractivity contribution is 7.12. The summed E-state index contributed by atoms with van der Waals surface area (Å²) in [7, 11) is 0. The van der Waals surface area contributed by atoms with Crippen LogP contribution in [0, 0.1) is 24.7 Å². The van der Waals surface area contributed by atoms with Gasteiger partial charge in [-0.15, -0.1) is 11.3 Å². The second kappa shape index (κ2) is 44.7. The predicted octanol–water partition coefficient (Wildman–Crippen LogP) is 17.0. The van der Waals surface area contributed by atoms with E-state index in [0.29, 0.717) is 65.5 Å². The standard InChI is InChI=1S/C27H32N4O6.C23H28F3N3O5.C22H29N3O5.C21H23N3O5S/c1-4-28-27(35)24-23(25(37-30-24)20-13-19(16(2)3)21(32)14-22(20)33)29-26(34)18-7-5-17(6-8-18)15-31-9-11-36-12-10-31;1-4-27-22(33)19-18(28-21(32)12-5-7-13(8-6-12)23(24,25)26)20(34-29-19)15-9-14(11(2)3)16(30)10-17(15)31;1-4-23-22(29)19-18(24-21(28)13-8-6-5-7-9-13)20(30-25-19)15-10-14(12(2)3)16(26)11-17(15)27;1-5-22-20(27)17-16(23-21(28)19-11(4)6-7-30-19)18(29-24-17)13-8-12(10(2)3)14(25)9-15(13)26/h5-8,13-14,16,32-33H,4,9-12,15H2,1-3H3,(H,28,35)(H,29,34);9-13,30-31H,4-8H2,1-3H3,(H,27,33)(H,28,32);10-13,26-27H,4-9H2,1-3H3,(H,23,29)(H,24,28);6-10,25-26H,5H2,1-4H3,(H,22,27)(H,23,28). The van der Waals surface area contributed by atoms with Gasteiger partial charge >= 0.3 is 6.18 Å². The number of aromatic hydroxyl groups is 8. The summed E-state index contributed by atoms with van der Waals surface area (Å²) in [4.78, 5) is 105. The van der Waals surface area contributed by atoms with E-state index in [1.54, 1.807) is 63.4 Å². The molecule has 0 radical (unpaired) electrons. The maximum Gasteiger partial charge on any atom is 0.391 e. The van der Waals surface area contributed by atoms with Crippen LogP contribution in [0.4, 0.5) is 35.9 Å². The molecule has 10 aromatic rings. The minimum Gasteiger partial charge on any atom is -0.508 e. The fourth-order valence-electron chi connectivity index (χ4n) is 15.1. The Balaban J connectivity index is 0.000000182. The van der Waals surface area contributed by atoms with Crippen LogP contribution in [0.5, 0.6) is 46.0 Å². The highest BCUT2D eigenvalue weighted by Crippen LogP contribution is 2.49. The van der Waals surface area contributed by atoms with Crippen LogP contribution in [0.2, 0.25) is 0 Å². The Bertz CT molecular complexity index is 5730. The first kappa shape index (κ1) is 99.7. The Labute approximate surface area is 757 Å². The third-order valence-corrected chi connectivity index (χ3v) is 23.3. The number of ether oxygens (including phenoxy) is 1. The molecule has 3 fully saturated rings. The Morgan fingerprint density at radius 2 is 0.740 bits per heavy atom. The molecule has 0 bridgehead atoms. The van der Waals surface area contributed by atoms with Crippen molar-refractivity contribution in [2.75, 3.05) is 73.7 Å². The second-order valence-corrected chi connectivity index (χ2v) is 34.0. The fourth-order valence-corrected chi connectivity index (χ4v) is 16.0. The summed E-state index contributed by atoms with van der Waals surface area (Å²) < 4.78 is 65.9. The average Bonchev–Trinajstić information content (AvgIpc) is 1.66. The van der Waals surface area contributed by atoms with Gasteiger partial charge in [-0.3, -0.25) is 43.3 Å². The van der Waals surface area contributed by atoms with Crippen molar-refractivity contribution in [1.29, 1.82) is 0 Å². The van der Waals surface area contributed by atoms with E-state index in [-0.39, 0.29) is 205 Å². The average molecular weight is 1840 g/mol. The number of phenolic OH excluding ortho intramolecular Hbond substituents is 8. The van der Waals surface area contributed by atoms with Gasteiger partial charge in [0.05, 0.1) is 46.3 Å². The summed E-state index contributed by atoms with van der Waals surface area (Å²) in [5.41, 5.74) is 4.86. The minimum absolute atomic E-state index is 0.0120. The number of anilines is 4. The molecule has 0 spiro atoms. The van der Waals surface area contributed by atoms with E-state index in [9.17, 15) is 92.4 Å². The van der Waals surface area contributed by atoms with E-state index in [1.807, 2.05) is 80.5 Å². The minimum atomic E-state index is -4.29. The van der Waals surface area contributed by atoms with Gasteiger partial charge in [-0.2, -0.15) is 13.2 Å². The van der Waals surface area contributed by atoms with Crippen molar-refractivity contribution in [2.45, 2.75) is 184 Å². The lowest BCUT2D eigenvalue weighted by molar-refractivity contribution is -0.184. The summed E-state index contributed by atoms with van der Waals surface area (Å²) in [6.07, 6.45) is 0.197. The number of aryl methyl sites for hydroxylation is 1. The monoisotopic (exact) mass is 1840 g/mol. The summed E-state index contributed by atoms with van der Waals surface area (Å²) in [5, 5.41) is 121. The van der Waals surface area contributed by atoms with Crippen molar-refractivity contribution in [3.05, 3.63) is 151 Å². The molecule has 0 atom stereocenters. The number of phenols is 8. The number of hydrogen-bond donors (Lipinski definition) is 16. The fraction of sp³-hybridized carbons (Fsp3) is 0.419. The van der Waals surface area contributed by atoms with Crippen LogP contribution in [-0.2, 0) is 20.9 Å². The number of aromatic nitrogens is 4. The zero-order valence-electron chi connectivity index (χ0n) is 75.0. The first-order valence-corrected chi connectivity index (χ1v) is 44.3. The second-order valence-electron chi connectivity index (χ2n) is 33.0. The van der Waals surface area contributed by atoms with E-state index >= 15 is 0 Å². The number of thiophene rings is 1. The van der Waals surface area contributed by atoms with E-state index in [0.717, 1.165) is 68.9 Å². The van der Waals surface area contributed by atoms with Crippen LogP contribution in [-0.4, -0.2) is 172 Å². The molecule has 8 amide bonds. The van der Waals surface area contributed by atoms with E-state index < -0.39 is 59.4 Å². The number of hydrogen-bond acceptors (Lipinski definition) is 27. The molecule has 702 valence electrons. The molecule has 5 aromatic heterocycles. The SMILES string of the molecule is CCNC(=O)c1noc(-c2cc(C(C)C)c(O)cc2O)c1NC(=O)C1CCC(C(F)(F)F)CC1.CCNC(=O)c1noc(-c2cc(C(C)C)c(O)cc2O)c1NC(=O)C1CCCCC1.CCNC(=O)c1noc(-c2cc(C(C)C)c(O)cc2O)c1NC(=O)c1ccc(CN2CCOCC2)cc1.CCNC(=O)c1noc(-c2cc(C(C)C)c(O)cc2O)c1NC(=O)c1sccc1C. The van der Waals surface area contributed by atoms with Crippen LogP contribution < -0.4 is 42.5 Å². The van der Waals surface area contributed by atoms with Crippen molar-refractivity contribution < 1.29 is 115 Å².